The number of hydrogen-bond donors (Lipinski definition) is 0. The van der Waals surface area contributed by atoms with Crippen molar-refractivity contribution in [2.45, 2.75) is 31.7 Å². The zero-order chi connectivity index (χ0) is 11.8. The normalized spacial score (nSPS) is 16.8. The van der Waals surface area contributed by atoms with Crippen LogP contribution >= 0.6 is 11.5 Å². The van der Waals surface area contributed by atoms with Gasteiger partial charge in [-0.25, -0.2) is 0 Å². The van der Waals surface area contributed by atoms with E-state index < -0.39 is 0 Å². The van der Waals surface area contributed by atoms with Crippen molar-refractivity contribution in [3.63, 3.8) is 0 Å². The minimum Gasteiger partial charge on any atom is -0.497 e. The van der Waals surface area contributed by atoms with E-state index in [4.69, 9.17) is 4.74 Å². The molecule has 1 heterocycles. The molecule has 1 aliphatic rings. The van der Waals surface area contributed by atoms with Gasteiger partial charge in [0, 0.05) is 6.04 Å². The van der Waals surface area contributed by atoms with Crippen LogP contribution in [-0.4, -0.2) is 11.1 Å². The second kappa shape index (κ2) is 4.18. The van der Waals surface area contributed by atoms with Crippen molar-refractivity contribution in [1.29, 1.82) is 0 Å². The molecule has 0 bridgehead atoms. The molecule has 0 radical (unpaired) electrons. The molecule has 2 aromatic rings. The lowest BCUT2D eigenvalue weighted by molar-refractivity contribution is 0.415. The number of methoxy groups -OCH3 is 1. The zero-order valence-electron chi connectivity index (χ0n) is 9.81. The van der Waals surface area contributed by atoms with Crippen molar-refractivity contribution in [2.75, 3.05) is 7.11 Å². The van der Waals surface area contributed by atoms with Crippen LogP contribution in [0.5, 0.6) is 5.75 Å². The molecule has 0 N–H and O–H groups in total. The lowest BCUT2D eigenvalue weighted by atomic mass is 10.2. The van der Waals surface area contributed by atoms with Gasteiger partial charge in [-0.3, -0.25) is 8.75 Å². The molecule has 3 rings (SSSR count). The third-order valence-corrected chi connectivity index (χ3v) is 4.67. The minimum atomic E-state index is 0.166. The highest BCUT2D eigenvalue weighted by Crippen LogP contribution is 2.32. The quantitative estimate of drug-likeness (QED) is 0.818. The van der Waals surface area contributed by atoms with E-state index in [0.29, 0.717) is 6.04 Å². The summed E-state index contributed by atoms with van der Waals surface area (Å²) >= 11 is 1.57. The van der Waals surface area contributed by atoms with Crippen molar-refractivity contribution in [1.82, 2.24) is 3.96 Å². The monoisotopic (exact) mass is 249 g/mol. The Morgan fingerprint density at radius 3 is 2.82 bits per heavy atom. The first kappa shape index (κ1) is 10.8. The summed E-state index contributed by atoms with van der Waals surface area (Å²) in [5.41, 5.74) is 0.166. The van der Waals surface area contributed by atoms with E-state index in [1.54, 1.807) is 18.6 Å². The Balaban J connectivity index is 2.13. The molecule has 0 spiro atoms. The standard InChI is InChI=1S/C13H15NO2S/c1-16-10-6-7-11-12(8-10)17-14(13(11)15)9-4-2-3-5-9/h6-9H,2-5H2,1H3. The molecule has 17 heavy (non-hydrogen) atoms. The van der Waals surface area contributed by atoms with Crippen LogP contribution in [0.3, 0.4) is 0 Å². The summed E-state index contributed by atoms with van der Waals surface area (Å²) in [6, 6.07) is 6.10. The van der Waals surface area contributed by atoms with Crippen LogP contribution in [0.2, 0.25) is 0 Å². The summed E-state index contributed by atoms with van der Waals surface area (Å²) in [5, 5.41) is 0.822. The summed E-state index contributed by atoms with van der Waals surface area (Å²) in [6.07, 6.45) is 4.77. The smallest absolute Gasteiger partial charge is 0.268 e. The molecule has 1 saturated carbocycles. The summed E-state index contributed by atoms with van der Waals surface area (Å²) in [4.78, 5) is 12.2. The van der Waals surface area contributed by atoms with Crippen LogP contribution in [0.1, 0.15) is 31.7 Å². The minimum absolute atomic E-state index is 0.166. The molecule has 1 fully saturated rings. The number of hydrogen-bond acceptors (Lipinski definition) is 3. The van der Waals surface area contributed by atoms with Crippen LogP contribution in [0.4, 0.5) is 0 Å². The molecular formula is C13H15NO2S. The Hall–Kier alpha value is -1.29. The summed E-state index contributed by atoms with van der Waals surface area (Å²) < 4.78 is 8.18. The van der Waals surface area contributed by atoms with E-state index in [0.717, 1.165) is 28.7 Å². The van der Waals surface area contributed by atoms with Crippen LogP contribution in [-0.2, 0) is 0 Å². The molecule has 0 unspecified atom stereocenters. The highest BCUT2D eigenvalue weighted by atomic mass is 32.1. The summed E-state index contributed by atoms with van der Waals surface area (Å²) in [7, 11) is 1.65. The first-order valence-electron chi connectivity index (χ1n) is 5.99. The molecule has 4 heteroatoms. The van der Waals surface area contributed by atoms with Crippen molar-refractivity contribution >= 4 is 21.6 Å². The lowest BCUT2D eigenvalue weighted by Gasteiger charge is -2.07. The Labute approximate surface area is 104 Å². The molecule has 1 aliphatic carbocycles. The number of fused-ring (bicyclic) bond motifs is 1. The first-order valence-corrected chi connectivity index (χ1v) is 6.76. The molecule has 0 atom stereocenters. The van der Waals surface area contributed by atoms with Gasteiger partial charge in [-0.1, -0.05) is 24.4 Å². The molecule has 0 saturated heterocycles. The van der Waals surface area contributed by atoms with E-state index in [9.17, 15) is 4.79 Å². The number of rotatable bonds is 2. The van der Waals surface area contributed by atoms with Gasteiger partial charge in [0.05, 0.1) is 17.2 Å². The number of nitrogens with zero attached hydrogens (tertiary/aromatic N) is 1. The van der Waals surface area contributed by atoms with Gasteiger partial charge < -0.3 is 4.74 Å². The van der Waals surface area contributed by atoms with Crippen LogP contribution < -0.4 is 10.3 Å². The number of benzene rings is 1. The maximum absolute atomic E-state index is 12.2. The number of aromatic nitrogens is 1. The van der Waals surface area contributed by atoms with E-state index in [1.165, 1.54) is 12.8 Å². The molecule has 90 valence electrons. The van der Waals surface area contributed by atoms with Gasteiger partial charge >= 0.3 is 0 Å². The first-order chi connectivity index (χ1) is 8.29. The van der Waals surface area contributed by atoms with Crippen molar-refractivity contribution in [3.05, 3.63) is 28.6 Å². The maximum Gasteiger partial charge on any atom is 0.268 e. The molecular weight excluding hydrogens is 234 g/mol. The third-order valence-electron chi connectivity index (χ3n) is 3.47. The highest BCUT2D eigenvalue weighted by Gasteiger charge is 2.20. The van der Waals surface area contributed by atoms with Gasteiger partial charge in [-0.15, -0.1) is 0 Å². The molecule has 3 nitrogen and oxygen atoms in total. The van der Waals surface area contributed by atoms with Crippen LogP contribution in [0.25, 0.3) is 10.1 Å². The second-order valence-corrected chi connectivity index (χ2v) is 5.54. The van der Waals surface area contributed by atoms with E-state index >= 15 is 0 Å². The Kier molecular flexibility index (Phi) is 2.67. The maximum atomic E-state index is 12.2. The van der Waals surface area contributed by atoms with Gasteiger partial charge in [0.25, 0.3) is 5.56 Å². The summed E-state index contributed by atoms with van der Waals surface area (Å²) in [6.45, 7) is 0. The highest BCUT2D eigenvalue weighted by molar-refractivity contribution is 7.13. The summed E-state index contributed by atoms with van der Waals surface area (Å²) in [5.74, 6) is 0.817. The molecule has 1 aromatic carbocycles. The average Bonchev–Trinajstić information content (AvgIpc) is 2.97. The van der Waals surface area contributed by atoms with E-state index in [2.05, 4.69) is 0 Å². The van der Waals surface area contributed by atoms with Gasteiger partial charge in [0.2, 0.25) is 0 Å². The van der Waals surface area contributed by atoms with Crippen molar-refractivity contribution in [2.24, 2.45) is 0 Å². The van der Waals surface area contributed by atoms with Gasteiger partial charge in [-0.2, -0.15) is 0 Å². The van der Waals surface area contributed by atoms with Gasteiger partial charge in [0.1, 0.15) is 5.75 Å². The van der Waals surface area contributed by atoms with E-state index in [1.807, 2.05) is 22.2 Å². The lowest BCUT2D eigenvalue weighted by Crippen LogP contribution is -2.16. The average molecular weight is 249 g/mol. The SMILES string of the molecule is COc1ccc2c(=O)n(C3CCCC3)sc2c1. The number of ether oxygens (including phenoxy) is 1. The van der Waals surface area contributed by atoms with Gasteiger partial charge in [-0.05, 0) is 31.0 Å². The molecule has 1 aromatic heterocycles. The Morgan fingerprint density at radius 2 is 2.12 bits per heavy atom. The Morgan fingerprint density at radius 1 is 1.35 bits per heavy atom. The fraction of sp³-hybridized carbons (Fsp3) is 0.462. The fourth-order valence-electron chi connectivity index (χ4n) is 2.53. The Bertz CT molecular complexity index is 593. The predicted octanol–water partition coefficient (Wildman–Crippen LogP) is 3.19. The second-order valence-electron chi connectivity index (χ2n) is 4.52. The van der Waals surface area contributed by atoms with Gasteiger partial charge in [0.15, 0.2) is 0 Å². The molecule has 0 aliphatic heterocycles. The largest absolute Gasteiger partial charge is 0.497 e. The molecule has 0 amide bonds. The van der Waals surface area contributed by atoms with Crippen LogP contribution in [0.15, 0.2) is 23.0 Å². The van der Waals surface area contributed by atoms with Crippen LogP contribution in [0, 0.1) is 0 Å². The van der Waals surface area contributed by atoms with Crippen molar-refractivity contribution < 1.29 is 4.74 Å². The fourth-order valence-corrected chi connectivity index (χ4v) is 3.70. The predicted molar refractivity (Wildman–Crippen MR) is 70.1 cm³/mol. The third kappa shape index (κ3) is 1.76. The van der Waals surface area contributed by atoms with E-state index in [-0.39, 0.29) is 5.56 Å². The van der Waals surface area contributed by atoms with Crippen molar-refractivity contribution in [3.8, 4) is 5.75 Å². The zero-order valence-corrected chi connectivity index (χ0v) is 10.6. The topological polar surface area (TPSA) is 31.2 Å².